The molecule has 2 aromatic rings. The second kappa shape index (κ2) is 9.82. The molecule has 4 heteroatoms. The van der Waals surface area contributed by atoms with E-state index in [1.165, 1.54) is 23.6 Å². The van der Waals surface area contributed by atoms with Crippen molar-refractivity contribution in [3.63, 3.8) is 0 Å². The maximum Gasteiger partial charge on any atom is 0.322 e. The summed E-state index contributed by atoms with van der Waals surface area (Å²) in [6.45, 7) is 11.7. The number of rotatable bonds is 7. The van der Waals surface area contributed by atoms with Crippen molar-refractivity contribution in [3.05, 3.63) is 42.0 Å². The number of carbonyl (C=O) groups excluding carboxylic acids is 1. The van der Waals surface area contributed by atoms with Crippen LogP contribution >= 0.6 is 0 Å². The molecule has 0 spiro atoms. The fourth-order valence-corrected chi connectivity index (χ4v) is 4.32. The first-order valence-electron chi connectivity index (χ1n) is 11.4. The van der Waals surface area contributed by atoms with Crippen LogP contribution in [0.1, 0.15) is 65.9 Å². The first-order valence-corrected chi connectivity index (χ1v) is 11.4. The monoisotopic (exact) mass is 411 g/mol. The second-order valence-electron chi connectivity index (χ2n) is 9.66. The molecule has 1 N–H and O–H groups in total. The van der Waals surface area contributed by atoms with E-state index in [0.29, 0.717) is 24.7 Å². The average Bonchev–Trinajstić information content (AvgIpc) is 2.72. The van der Waals surface area contributed by atoms with E-state index in [9.17, 15) is 4.79 Å². The lowest BCUT2D eigenvalue weighted by molar-refractivity contribution is -0.145. The fraction of sp³-hybridized carbons (Fsp3) is 0.577. The van der Waals surface area contributed by atoms with E-state index in [1.54, 1.807) is 0 Å². The van der Waals surface area contributed by atoms with Gasteiger partial charge in [-0.1, -0.05) is 39.0 Å². The first-order chi connectivity index (χ1) is 14.3. The van der Waals surface area contributed by atoms with Crippen LogP contribution in [0.3, 0.4) is 0 Å². The summed E-state index contributed by atoms with van der Waals surface area (Å²) in [7, 11) is 0. The number of hydrogen-bond acceptors (Lipinski definition) is 4. The van der Waals surface area contributed by atoms with Crippen molar-refractivity contribution < 1.29 is 14.3 Å². The zero-order chi connectivity index (χ0) is 21.7. The summed E-state index contributed by atoms with van der Waals surface area (Å²) in [4.78, 5) is 11.7. The smallest absolute Gasteiger partial charge is 0.322 e. The van der Waals surface area contributed by atoms with E-state index < -0.39 is 0 Å². The van der Waals surface area contributed by atoms with E-state index >= 15 is 0 Å². The molecule has 4 nitrogen and oxygen atoms in total. The number of benzene rings is 2. The van der Waals surface area contributed by atoms with Crippen molar-refractivity contribution in [2.45, 2.75) is 79.0 Å². The molecule has 3 rings (SSSR count). The zero-order valence-electron chi connectivity index (χ0n) is 19.2. The molecule has 1 fully saturated rings. The predicted octanol–water partition coefficient (Wildman–Crippen LogP) is 5.86. The Bertz CT molecular complexity index is 847. The van der Waals surface area contributed by atoms with Gasteiger partial charge in [0.15, 0.2) is 0 Å². The highest BCUT2D eigenvalue weighted by molar-refractivity contribution is 5.84. The molecular weight excluding hydrogens is 374 g/mol. The van der Waals surface area contributed by atoms with Crippen LogP contribution in [-0.2, 0) is 16.1 Å². The standard InChI is InChI=1S/C26H37NO3/c1-6-29-25(28)18(2)27-17-19-7-8-21-16-24(12-9-20(21)15-19)30-23-13-10-22(11-14-23)26(3,4)5/h7-9,12,15-16,18,22-23,27H,6,10-11,13-14,17H2,1-5H3. The van der Waals surface area contributed by atoms with Crippen molar-refractivity contribution in [2.75, 3.05) is 6.61 Å². The van der Waals surface area contributed by atoms with E-state index in [2.05, 4.69) is 62.5 Å². The molecular formula is C26H37NO3. The zero-order valence-corrected chi connectivity index (χ0v) is 19.2. The lowest BCUT2D eigenvalue weighted by atomic mass is 9.72. The number of fused-ring (bicyclic) bond motifs is 1. The molecule has 0 bridgehead atoms. The van der Waals surface area contributed by atoms with Gasteiger partial charge in [0.1, 0.15) is 11.8 Å². The Morgan fingerprint density at radius 3 is 2.40 bits per heavy atom. The van der Waals surface area contributed by atoms with Gasteiger partial charge in [0.25, 0.3) is 0 Å². The summed E-state index contributed by atoms with van der Waals surface area (Å²) >= 11 is 0. The molecule has 0 radical (unpaired) electrons. The van der Waals surface area contributed by atoms with Gasteiger partial charge in [0, 0.05) is 6.54 Å². The minimum atomic E-state index is -0.315. The van der Waals surface area contributed by atoms with Gasteiger partial charge >= 0.3 is 5.97 Å². The van der Waals surface area contributed by atoms with Gasteiger partial charge in [-0.05, 0) is 85.4 Å². The quantitative estimate of drug-likeness (QED) is 0.579. The highest BCUT2D eigenvalue weighted by atomic mass is 16.5. The lowest BCUT2D eigenvalue weighted by Gasteiger charge is -2.37. The summed E-state index contributed by atoms with van der Waals surface area (Å²) in [5, 5.41) is 5.59. The number of esters is 1. The third-order valence-electron chi connectivity index (χ3n) is 6.33. The number of ether oxygens (including phenoxy) is 2. The highest BCUT2D eigenvalue weighted by Gasteiger charge is 2.30. The molecule has 1 unspecified atom stereocenters. The van der Waals surface area contributed by atoms with E-state index in [-0.39, 0.29) is 12.0 Å². The highest BCUT2D eigenvalue weighted by Crippen LogP contribution is 2.39. The molecule has 0 amide bonds. The summed E-state index contributed by atoms with van der Waals surface area (Å²) < 4.78 is 11.4. The molecule has 164 valence electrons. The van der Waals surface area contributed by atoms with Crippen molar-refractivity contribution in [3.8, 4) is 5.75 Å². The van der Waals surface area contributed by atoms with Gasteiger partial charge in [0.2, 0.25) is 0 Å². The van der Waals surface area contributed by atoms with Crippen molar-refractivity contribution >= 4 is 16.7 Å². The lowest BCUT2D eigenvalue weighted by Crippen LogP contribution is -2.34. The maximum absolute atomic E-state index is 11.7. The molecule has 1 aliphatic rings. The number of nitrogens with one attached hydrogen (secondary N) is 1. The van der Waals surface area contributed by atoms with Gasteiger partial charge in [-0.25, -0.2) is 0 Å². The Morgan fingerprint density at radius 1 is 1.07 bits per heavy atom. The average molecular weight is 412 g/mol. The van der Waals surface area contributed by atoms with Gasteiger partial charge in [-0.2, -0.15) is 0 Å². The Morgan fingerprint density at radius 2 is 1.73 bits per heavy atom. The molecule has 1 saturated carbocycles. The molecule has 30 heavy (non-hydrogen) atoms. The van der Waals surface area contributed by atoms with Crippen LogP contribution in [0, 0.1) is 11.3 Å². The van der Waals surface area contributed by atoms with Crippen LogP contribution < -0.4 is 10.1 Å². The molecule has 0 aromatic heterocycles. The Labute approximate surface area is 181 Å². The van der Waals surface area contributed by atoms with Crippen molar-refractivity contribution in [1.29, 1.82) is 0 Å². The van der Waals surface area contributed by atoms with Crippen LogP contribution in [0.25, 0.3) is 10.8 Å². The number of hydrogen-bond donors (Lipinski definition) is 1. The molecule has 1 aliphatic carbocycles. The number of carbonyl (C=O) groups is 1. The Kier molecular flexibility index (Phi) is 7.41. The Balaban J connectivity index is 1.57. The SMILES string of the molecule is CCOC(=O)C(C)NCc1ccc2cc(OC3CCC(C(C)(C)C)CC3)ccc2c1. The third-order valence-corrected chi connectivity index (χ3v) is 6.33. The summed E-state index contributed by atoms with van der Waals surface area (Å²) in [6, 6.07) is 12.4. The van der Waals surface area contributed by atoms with Crippen LogP contribution in [0.15, 0.2) is 36.4 Å². The van der Waals surface area contributed by atoms with Crippen molar-refractivity contribution in [1.82, 2.24) is 5.32 Å². The van der Waals surface area contributed by atoms with Gasteiger partial charge < -0.3 is 14.8 Å². The normalized spacial score (nSPS) is 20.7. The molecule has 0 aliphatic heterocycles. The minimum Gasteiger partial charge on any atom is -0.490 e. The molecule has 1 atom stereocenters. The largest absolute Gasteiger partial charge is 0.490 e. The Hall–Kier alpha value is -2.07. The predicted molar refractivity (Wildman–Crippen MR) is 123 cm³/mol. The van der Waals surface area contributed by atoms with Crippen molar-refractivity contribution in [2.24, 2.45) is 11.3 Å². The maximum atomic E-state index is 11.7. The molecule has 0 saturated heterocycles. The fourth-order valence-electron chi connectivity index (χ4n) is 4.32. The van der Waals surface area contributed by atoms with Crippen LogP contribution in [0.5, 0.6) is 5.75 Å². The topological polar surface area (TPSA) is 47.6 Å². The van der Waals surface area contributed by atoms with Crippen LogP contribution in [0.4, 0.5) is 0 Å². The third kappa shape index (κ3) is 5.98. The summed E-state index contributed by atoms with van der Waals surface area (Å²) in [5.41, 5.74) is 1.54. The van der Waals surface area contributed by atoms with Gasteiger partial charge in [-0.15, -0.1) is 0 Å². The van der Waals surface area contributed by atoms with E-state index in [0.717, 1.165) is 30.1 Å². The molecule has 0 heterocycles. The van der Waals surface area contributed by atoms with Gasteiger partial charge in [0.05, 0.1) is 12.7 Å². The molecule has 2 aromatic carbocycles. The summed E-state index contributed by atoms with van der Waals surface area (Å²) in [6.07, 6.45) is 5.12. The minimum absolute atomic E-state index is 0.211. The van der Waals surface area contributed by atoms with Crippen LogP contribution in [-0.4, -0.2) is 24.7 Å². The second-order valence-corrected chi connectivity index (χ2v) is 9.66. The van der Waals surface area contributed by atoms with Gasteiger partial charge in [-0.3, -0.25) is 4.79 Å². The van der Waals surface area contributed by atoms with E-state index in [1.807, 2.05) is 13.8 Å². The summed E-state index contributed by atoms with van der Waals surface area (Å²) in [5.74, 6) is 1.55. The van der Waals surface area contributed by atoms with Crippen LogP contribution in [0.2, 0.25) is 0 Å². The van der Waals surface area contributed by atoms with E-state index in [4.69, 9.17) is 9.47 Å². The first kappa shape index (κ1) is 22.6.